The third-order valence-electron chi connectivity index (χ3n) is 6.39. The summed E-state index contributed by atoms with van der Waals surface area (Å²) in [5, 5.41) is 5.31. The van der Waals surface area contributed by atoms with Gasteiger partial charge in [-0.1, -0.05) is 6.07 Å². The van der Waals surface area contributed by atoms with Crippen molar-refractivity contribution in [3.05, 3.63) is 59.2 Å². The fourth-order valence-corrected chi connectivity index (χ4v) is 4.48. The van der Waals surface area contributed by atoms with Crippen molar-refractivity contribution in [2.75, 3.05) is 44.9 Å². The Morgan fingerprint density at radius 3 is 2.31 bits per heavy atom. The fourth-order valence-electron chi connectivity index (χ4n) is 4.48. The number of nitrogens with zero attached hydrogens (tertiary/aromatic N) is 1. The Labute approximate surface area is 243 Å². The van der Waals surface area contributed by atoms with Crippen LogP contribution in [0.5, 0.6) is 5.75 Å². The summed E-state index contributed by atoms with van der Waals surface area (Å²) in [6.45, 7) is 7.53. The highest BCUT2D eigenvalue weighted by atomic mass is 16.6. The van der Waals surface area contributed by atoms with Crippen LogP contribution < -0.4 is 15.4 Å². The number of carbonyl (C=O) groups is 5. The summed E-state index contributed by atoms with van der Waals surface area (Å²) >= 11 is 0. The number of carbonyl (C=O) groups excluding carboxylic acids is 5. The molecular weight excluding hydrogens is 546 g/mol. The number of fused-ring (bicyclic) bond motifs is 1. The van der Waals surface area contributed by atoms with Crippen LogP contribution in [0.3, 0.4) is 0 Å². The second kappa shape index (κ2) is 13.6. The Morgan fingerprint density at radius 2 is 1.62 bits per heavy atom. The number of rotatable bonds is 13. The van der Waals surface area contributed by atoms with E-state index in [9.17, 15) is 24.0 Å². The van der Waals surface area contributed by atoms with E-state index in [2.05, 4.69) is 10.6 Å². The molecular formula is C30H35N3O9. The Kier molecular flexibility index (Phi) is 9.92. The van der Waals surface area contributed by atoms with E-state index >= 15 is 0 Å². The number of amides is 4. The summed E-state index contributed by atoms with van der Waals surface area (Å²) in [5.41, 5.74) is 0.778. The van der Waals surface area contributed by atoms with Gasteiger partial charge in [-0.15, -0.1) is 0 Å². The van der Waals surface area contributed by atoms with Crippen molar-refractivity contribution in [3.8, 4) is 5.75 Å². The summed E-state index contributed by atoms with van der Waals surface area (Å²) in [4.78, 5) is 62.8. The minimum atomic E-state index is -1.01. The molecule has 12 nitrogen and oxygen atoms in total. The molecule has 1 atom stereocenters. The van der Waals surface area contributed by atoms with E-state index in [4.69, 9.17) is 18.9 Å². The summed E-state index contributed by atoms with van der Waals surface area (Å²) in [5.74, 6) is -1.96. The first-order valence-electron chi connectivity index (χ1n) is 13.8. The van der Waals surface area contributed by atoms with E-state index in [1.807, 2.05) is 20.8 Å². The van der Waals surface area contributed by atoms with Crippen molar-refractivity contribution in [1.29, 1.82) is 0 Å². The molecule has 0 spiro atoms. The van der Waals surface area contributed by atoms with Gasteiger partial charge in [0.2, 0.25) is 11.8 Å². The number of esters is 1. The van der Waals surface area contributed by atoms with E-state index < -0.39 is 35.3 Å². The summed E-state index contributed by atoms with van der Waals surface area (Å²) in [6, 6.07) is 10.6. The van der Waals surface area contributed by atoms with Gasteiger partial charge in [-0.25, -0.2) is 4.79 Å². The number of nitrogens with one attached hydrogen (secondary N) is 2. The molecule has 4 rings (SSSR count). The molecule has 0 aromatic heterocycles. The van der Waals surface area contributed by atoms with Gasteiger partial charge in [-0.05, 0) is 63.6 Å². The van der Waals surface area contributed by atoms with Crippen LogP contribution in [0.4, 0.5) is 5.69 Å². The second-order valence-corrected chi connectivity index (χ2v) is 10.7. The molecule has 0 aliphatic carbocycles. The second-order valence-electron chi connectivity index (χ2n) is 10.7. The average molecular weight is 582 g/mol. The number of imide groups is 2. The van der Waals surface area contributed by atoms with Crippen LogP contribution in [0, 0.1) is 0 Å². The van der Waals surface area contributed by atoms with Crippen molar-refractivity contribution in [2.24, 2.45) is 0 Å². The summed E-state index contributed by atoms with van der Waals surface area (Å²) in [7, 11) is 0. The predicted molar refractivity (Wildman–Crippen MR) is 150 cm³/mol. The minimum Gasteiger partial charge on any atom is -0.491 e. The number of hydrogen-bond donors (Lipinski definition) is 2. The topological polar surface area (TPSA) is 150 Å². The first-order valence-corrected chi connectivity index (χ1v) is 13.8. The SMILES string of the molecule is CC(C)(C)OC(=O)c1ccc(OCCOCCOCCNc2cccc3c2C(=O)N(C2CCC(=O)NC2=O)C3=O)cc1. The number of piperidine rings is 1. The van der Waals surface area contributed by atoms with Gasteiger partial charge in [0.15, 0.2) is 0 Å². The largest absolute Gasteiger partial charge is 0.491 e. The predicted octanol–water partition coefficient (Wildman–Crippen LogP) is 2.57. The van der Waals surface area contributed by atoms with Crippen LogP contribution in [0.25, 0.3) is 0 Å². The van der Waals surface area contributed by atoms with Crippen LogP contribution in [0.2, 0.25) is 0 Å². The quantitative estimate of drug-likeness (QED) is 0.205. The Bertz CT molecular complexity index is 1330. The van der Waals surface area contributed by atoms with Crippen LogP contribution in [-0.2, 0) is 23.8 Å². The molecule has 0 radical (unpaired) electrons. The van der Waals surface area contributed by atoms with Crippen molar-refractivity contribution in [2.45, 2.75) is 45.3 Å². The summed E-state index contributed by atoms with van der Waals surface area (Å²) < 4.78 is 22.1. The van der Waals surface area contributed by atoms with Gasteiger partial charge in [0.1, 0.15) is 24.0 Å². The monoisotopic (exact) mass is 581 g/mol. The van der Waals surface area contributed by atoms with Crippen LogP contribution in [0.1, 0.15) is 64.7 Å². The lowest BCUT2D eigenvalue weighted by Gasteiger charge is -2.27. The smallest absolute Gasteiger partial charge is 0.338 e. The zero-order chi connectivity index (χ0) is 30.3. The van der Waals surface area contributed by atoms with Gasteiger partial charge in [-0.3, -0.25) is 29.4 Å². The highest BCUT2D eigenvalue weighted by Crippen LogP contribution is 2.32. The minimum absolute atomic E-state index is 0.0637. The standard InChI is InChI=1S/C30H35N3O9/c1-30(2,3)42-29(38)19-7-9-20(10-8-19)41-18-17-40-16-15-39-14-13-31-22-6-4-5-21-25(22)28(37)33(27(21)36)23-11-12-24(34)32-26(23)35/h4-10,23,31H,11-18H2,1-3H3,(H,32,34,35). The van der Waals surface area contributed by atoms with Crippen molar-refractivity contribution >= 4 is 35.3 Å². The highest BCUT2D eigenvalue weighted by molar-refractivity contribution is 6.25. The van der Waals surface area contributed by atoms with E-state index in [1.54, 1.807) is 42.5 Å². The van der Waals surface area contributed by atoms with Gasteiger partial charge >= 0.3 is 5.97 Å². The molecule has 224 valence electrons. The average Bonchev–Trinajstić information content (AvgIpc) is 3.19. The lowest BCUT2D eigenvalue weighted by Crippen LogP contribution is -2.54. The molecule has 2 aliphatic rings. The molecule has 2 N–H and O–H groups in total. The van der Waals surface area contributed by atoms with Crippen molar-refractivity contribution in [1.82, 2.24) is 10.2 Å². The third-order valence-corrected chi connectivity index (χ3v) is 6.39. The van der Waals surface area contributed by atoms with E-state index in [-0.39, 0.29) is 29.9 Å². The lowest BCUT2D eigenvalue weighted by molar-refractivity contribution is -0.136. The van der Waals surface area contributed by atoms with Gasteiger partial charge in [0.05, 0.1) is 43.1 Å². The molecule has 4 amide bonds. The molecule has 0 bridgehead atoms. The van der Waals surface area contributed by atoms with E-state index in [1.165, 1.54) is 0 Å². The maximum Gasteiger partial charge on any atom is 0.338 e. The first-order chi connectivity index (χ1) is 20.0. The van der Waals surface area contributed by atoms with Crippen molar-refractivity contribution in [3.63, 3.8) is 0 Å². The number of ether oxygens (including phenoxy) is 4. The molecule has 0 saturated carbocycles. The summed E-state index contributed by atoms with van der Waals surface area (Å²) in [6.07, 6.45) is 0.165. The van der Waals surface area contributed by atoms with Crippen LogP contribution in [0.15, 0.2) is 42.5 Å². The Morgan fingerprint density at radius 1 is 0.929 bits per heavy atom. The normalized spacial score (nSPS) is 16.7. The van der Waals surface area contributed by atoms with E-state index in [0.717, 1.165) is 4.90 Å². The number of hydrogen-bond acceptors (Lipinski definition) is 10. The molecule has 2 aliphatic heterocycles. The van der Waals surface area contributed by atoms with Crippen molar-refractivity contribution < 1.29 is 42.9 Å². The zero-order valence-electron chi connectivity index (χ0n) is 23.9. The van der Waals surface area contributed by atoms with Crippen LogP contribution >= 0.6 is 0 Å². The third kappa shape index (κ3) is 7.71. The molecule has 2 heterocycles. The maximum absolute atomic E-state index is 13.1. The molecule has 1 unspecified atom stereocenters. The first kappa shape index (κ1) is 30.7. The zero-order valence-corrected chi connectivity index (χ0v) is 23.9. The van der Waals surface area contributed by atoms with Gasteiger partial charge < -0.3 is 24.3 Å². The van der Waals surface area contributed by atoms with Gasteiger partial charge in [0.25, 0.3) is 11.8 Å². The Hall–Kier alpha value is -4.29. The van der Waals surface area contributed by atoms with Gasteiger partial charge in [-0.2, -0.15) is 0 Å². The Balaban J connectivity index is 1.12. The molecule has 1 saturated heterocycles. The van der Waals surface area contributed by atoms with E-state index in [0.29, 0.717) is 56.6 Å². The maximum atomic E-state index is 13.1. The number of benzene rings is 2. The molecule has 2 aromatic carbocycles. The molecule has 1 fully saturated rings. The molecule has 42 heavy (non-hydrogen) atoms. The molecule has 12 heteroatoms. The molecule has 2 aromatic rings. The fraction of sp³-hybridized carbons (Fsp3) is 0.433. The highest BCUT2D eigenvalue weighted by Gasteiger charge is 2.45. The lowest BCUT2D eigenvalue weighted by atomic mass is 10.0. The van der Waals surface area contributed by atoms with Crippen LogP contribution in [-0.4, -0.2) is 85.7 Å². The number of anilines is 1. The van der Waals surface area contributed by atoms with Gasteiger partial charge in [0, 0.05) is 18.7 Å².